The van der Waals surface area contributed by atoms with E-state index in [9.17, 15) is 0 Å². The fraction of sp³-hybridized carbons (Fsp3) is 0.186. The molecule has 0 amide bonds. The minimum Gasteiger partial charge on any atom is -0.256 e. The molecular formula is C43H47N. The molecule has 0 N–H and O–H groups in total. The largest absolute Gasteiger partial charge is 0.256 e. The maximum atomic E-state index is 7.76. The zero-order valence-electron chi connectivity index (χ0n) is 33.2. The lowest BCUT2D eigenvalue weighted by Crippen LogP contribution is -1.88. The van der Waals surface area contributed by atoms with Crippen LogP contribution in [-0.2, 0) is 6.37 Å². The van der Waals surface area contributed by atoms with E-state index < -0.39 is 20.1 Å². The first kappa shape index (κ1) is 23.7. The van der Waals surface area contributed by atoms with Crippen LogP contribution in [0, 0.1) is 34.5 Å². The molecule has 0 atom stereocenters. The van der Waals surface area contributed by atoms with Crippen LogP contribution in [-0.4, -0.2) is 4.98 Å². The molecule has 6 aromatic rings. The van der Waals surface area contributed by atoms with Gasteiger partial charge in [-0.2, -0.15) is 0 Å². The van der Waals surface area contributed by atoms with E-state index in [-0.39, 0.29) is 13.0 Å². The monoisotopic (exact) mass is 585 g/mol. The third-order valence-electron chi connectivity index (χ3n) is 7.06. The van der Waals surface area contributed by atoms with Crippen molar-refractivity contribution in [3.05, 3.63) is 173 Å². The van der Waals surface area contributed by atoms with Gasteiger partial charge in [-0.3, -0.25) is 4.98 Å². The van der Waals surface area contributed by atoms with E-state index in [2.05, 4.69) is 17.1 Å². The van der Waals surface area contributed by atoms with Crippen LogP contribution in [0.4, 0.5) is 0 Å². The Bertz CT molecular complexity index is 1910. The van der Waals surface area contributed by atoms with E-state index >= 15 is 0 Å². The fourth-order valence-corrected chi connectivity index (χ4v) is 4.70. The molecule has 0 spiro atoms. The van der Waals surface area contributed by atoms with E-state index in [1.54, 1.807) is 19.1 Å². The van der Waals surface area contributed by atoms with Crippen molar-refractivity contribution in [3.63, 3.8) is 0 Å². The van der Waals surface area contributed by atoms with Gasteiger partial charge >= 0.3 is 0 Å². The Kier molecular flexibility index (Phi) is 9.03. The average Bonchev–Trinajstić information content (AvgIpc) is 3.08. The number of hydrogen-bond acceptors (Lipinski definition) is 1. The molecule has 0 unspecified atom stereocenters. The molecule has 0 aliphatic heterocycles. The van der Waals surface area contributed by atoms with Gasteiger partial charge in [0.15, 0.2) is 0 Å². The molecule has 1 heteroatoms. The molecule has 6 rings (SSSR count). The molecule has 5 aromatic carbocycles. The van der Waals surface area contributed by atoms with Gasteiger partial charge in [-0.05, 0) is 96.5 Å². The van der Waals surface area contributed by atoms with Gasteiger partial charge in [-0.1, -0.05) is 148 Å². The molecule has 0 bridgehead atoms. The van der Waals surface area contributed by atoms with Crippen molar-refractivity contribution >= 4 is 0 Å². The SMILES string of the molecule is C.[2H]C([2H])(C)c1ccc(-c2ccccc2)cc1C.[2H]C([2H])([2H])c1ccc(-c2ccccc2)cc1C.[2H]C([2H])([2H])c1cnc(-c2ccccc2)c(C)c1. The number of nitrogens with zero attached hydrogens (tertiary/aromatic N) is 1. The molecule has 224 valence electrons. The fourth-order valence-electron chi connectivity index (χ4n) is 4.70. The van der Waals surface area contributed by atoms with Crippen molar-refractivity contribution in [3.8, 4) is 33.5 Å². The van der Waals surface area contributed by atoms with E-state index in [4.69, 9.17) is 11.0 Å². The summed E-state index contributed by atoms with van der Waals surface area (Å²) in [6.45, 7) is 3.16. The Balaban J connectivity index is 0.000000208. The van der Waals surface area contributed by atoms with Crippen molar-refractivity contribution in [2.45, 2.75) is 55.2 Å². The molecular weight excluding hydrogens is 530 g/mol. The topological polar surface area (TPSA) is 12.9 Å². The van der Waals surface area contributed by atoms with Crippen molar-refractivity contribution < 1.29 is 11.0 Å². The Hall–Kier alpha value is -4.75. The summed E-state index contributed by atoms with van der Waals surface area (Å²) >= 11 is 0. The summed E-state index contributed by atoms with van der Waals surface area (Å²) < 4.78 is 59.8. The summed E-state index contributed by atoms with van der Waals surface area (Å²) in [5.74, 6) is 0. The summed E-state index contributed by atoms with van der Waals surface area (Å²) in [6.07, 6.45) is 0.154. The second-order valence-corrected chi connectivity index (χ2v) is 10.3. The van der Waals surface area contributed by atoms with Crippen LogP contribution in [0.5, 0.6) is 0 Å². The lowest BCUT2D eigenvalue weighted by atomic mass is 9.99. The second-order valence-electron chi connectivity index (χ2n) is 10.3. The highest BCUT2D eigenvalue weighted by molar-refractivity contribution is 5.66. The van der Waals surface area contributed by atoms with Crippen molar-refractivity contribution in [1.29, 1.82) is 0 Å². The molecule has 0 saturated carbocycles. The summed E-state index contributed by atoms with van der Waals surface area (Å²) in [4.78, 5) is 4.25. The van der Waals surface area contributed by atoms with Crippen LogP contribution < -0.4 is 0 Å². The van der Waals surface area contributed by atoms with E-state index in [0.717, 1.165) is 50.2 Å². The van der Waals surface area contributed by atoms with Gasteiger partial charge in [-0.25, -0.2) is 0 Å². The van der Waals surface area contributed by atoms with Crippen LogP contribution in [0.1, 0.15) is 58.7 Å². The molecule has 1 nitrogen and oxygen atoms in total. The van der Waals surface area contributed by atoms with Gasteiger partial charge in [0, 0.05) is 22.7 Å². The average molecular weight is 586 g/mol. The van der Waals surface area contributed by atoms with Gasteiger partial charge in [-0.15, -0.1) is 0 Å². The first-order valence-corrected chi connectivity index (χ1v) is 14.3. The molecule has 0 aliphatic rings. The first-order chi connectivity index (χ1) is 23.9. The van der Waals surface area contributed by atoms with E-state index in [1.165, 1.54) is 11.8 Å². The van der Waals surface area contributed by atoms with Gasteiger partial charge in [0.1, 0.15) is 0 Å². The number of aromatic nitrogens is 1. The molecule has 0 radical (unpaired) electrons. The summed E-state index contributed by atoms with van der Waals surface area (Å²) in [6, 6.07) is 42.9. The van der Waals surface area contributed by atoms with Crippen LogP contribution in [0.2, 0.25) is 0 Å². The summed E-state index contributed by atoms with van der Waals surface area (Å²) in [5, 5.41) is 0. The Morgan fingerprint density at radius 2 is 1.05 bits per heavy atom. The predicted molar refractivity (Wildman–Crippen MR) is 193 cm³/mol. The van der Waals surface area contributed by atoms with Crippen LogP contribution in [0.15, 0.2) is 140 Å². The van der Waals surface area contributed by atoms with Crippen LogP contribution in [0.3, 0.4) is 0 Å². The third kappa shape index (κ3) is 9.38. The lowest BCUT2D eigenvalue weighted by molar-refractivity contribution is 1.11. The highest BCUT2D eigenvalue weighted by Crippen LogP contribution is 2.23. The van der Waals surface area contributed by atoms with E-state index in [0.29, 0.717) is 5.56 Å². The Labute approximate surface area is 277 Å². The van der Waals surface area contributed by atoms with Crippen molar-refractivity contribution in [2.24, 2.45) is 0 Å². The van der Waals surface area contributed by atoms with Gasteiger partial charge < -0.3 is 0 Å². The third-order valence-corrected chi connectivity index (χ3v) is 7.06. The maximum Gasteiger partial charge on any atom is 0.0731 e. The number of rotatable bonds is 4. The quantitative estimate of drug-likeness (QED) is 0.200. The molecule has 1 heterocycles. The maximum absolute atomic E-state index is 7.76. The zero-order valence-corrected chi connectivity index (χ0v) is 25.2. The van der Waals surface area contributed by atoms with Crippen molar-refractivity contribution in [2.75, 3.05) is 0 Å². The smallest absolute Gasteiger partial charge is 0.0731 e. The molecule has 0 saturated heterocycles. The number of aryl methyl sites for hydroxylation is 6. The van der Waals surface area contributed by atoms with Crippen LogP contribution in [0.25, 0.3) is 33.5 Å². The molecule has 1 aromatic heterocycles. The van der Waals surface area contributed by atoms with Crippen LogP contribution >= 0.6 is 0 Å². The predicted octanol–water partition coefficient (Wildman–Crippen LogP) is 12.2. The molecule has 0 fully saturated rings. The lowest BCUT2D eigenvalue weighted by Gasteiger charge is -2.06. The molecule has 0 aliphatic carbocycles. The Morgan fingerprint density at radius 1 is 0.523 bits per heavy atom. The number of benzene rings is 5. The molecule has 44 heavy (non-hydrogen) atoms. The highest BCUT2D eigenvalue weighted by atomic mass is 14.7. The number of hydrogen-bond donors (Lipinski definition) is 0. The van der Waals surface area contributed by atoms with Crippen molar-refractivity contribution in [1.82, 2.24) is 4.98 Å². The summed E-state index contributed by atoms with van der Waals surface area (Å²) in [5.41, 5.74) is 10.5. The second kappa shape index (κ2) is 16.8. The minimum atomic E-state index is -2.09. The summed E-state index contributed by atoms with van der Waals surface area (Å²) in [7, 11) is 0. The van der Waals surface area contributed by atoms with Gasteiger partial charge in [0.2, 0.25) is 0 Å². The van der Waals surface area contributed by atoms with E-state index in [1.807, 2.05) is 130 Å². The number of pyridine rings is 1. The van der Waals surface area contributed by atoms with Gasteiger partial charge in [0.05, 0.1) is 5.69 Å². The Morgan fingerprint density at radius 3 is 1.50 bits per heavy atom. The zero-order chi connectivity index (χ0) is 37.4. The van der Waals surface area contributed by atoms with Gasteiger partial charge in [0.25, 0.3) is 0 Å². The minimum absolute atomic E-state index is 0. The normalized spacial score (nSPS) is 13.5. The highest BCUT2D eigenvalue weighted by Gasteiger charge is 2.02. The standard InChI is InChI=1S/C15H16.C14H14.C13H13N.CH4/c1-3-13-9-10-15(11-12(13)2)14-7-5-4-6-8-14;1-11-8-9-14(10-12(11)2)13-6-4-3-5-7-13;1-10-8-11(2)13(14-9-10)12-6-4-3-5-7-12;/h4-11H,3H2,1-2H3;3-10H,1-2H3;3-9H,1-2H3;1H4/i3D2;2*1D3;. The first-order valence-electron chi connectivity index (χ1n) is 18.3.